The molecule has 0 saturated heterocycles. The zero-order valence-electron chi connectivity index (χ0n) is 12.2. The number of hydrogen-bond donors (Lipinski definition) is 2. The van der Waals surface area contributed by atoms with Crippen LogP contribution in [0.2, 0.25) is 0 Å². The van der Waals surface area contributed by atoms with Crippen molar-refractivity contribution in [3.8, 4) is 0 Å². The first kappa shape index (κ1) is 14.7. The van der Waals surface area contributed by atoms with Gasteiger partial charge in [0.05, 0.1) is 11.1 Å². The number of rotatable bonds is 4. The Bertz CT molecular complexity index is 594. The maximum absolute atomic E-state index is 12.2. The van der Waals surface area contributed by atoms with Crippen molar-refractivity contribution in [2.45, 2.75) is 25.3 Å². The van der Waals surface area contributed by atoms with Crippen molar-refractivity contribution in [2.75, 3.05) is 13.1 Å². The molecule has 1 heterocycles. The molecule has 0 spiro atoms. The van der Waals surface area contributed by atoms with Crippen molar-refractivity contribution in [3.05, 3.63) is 35.4 Å². The molecule has 1 aliphatic carbocycles. The van der Waals surface area contributed by atoms with Gasteiger partial charge in [0.25, 0.3) is 11.8 Å². The molecule has 6 heteroatoms. The minimum atomic E-state index is -0.294. The standard InChI is InChI=1S/C16H19N3O3/c17-11-6-5-10(9-11)14(20)18-7-8-19-15(21)12-3-1-2-4-13(12)16(19)22/h1-4,10-11H,5-9,17H2,(H,18,20). The second-order valence-electron chi connectivity index (χ2n) is 5.87. The van der Waals surface area contributed by atoms with Crippen LogP contribution in [0.1, 0.15) is 40.0 Å². The molecule has 3 N–H and O–H groups in total. The molecular weight excluding hydrogens is 282 g/mol. The fraction of sp³-hybridized carbons (Fsp3) is 0.438. The highest BCUT2D eigenvalue weighted by Gasteiger charge is 2.35. The van der Waals surface area contributed by atoms with Crippen molar-refractivity contribution in [2.24, 2.45) is 11.7 Å². The zero-order valence-corrected chi connectivity index (χ0v) is 12.2. The van der Waals surface area contributed by atoms with Crippen molar-refractivity contribution in [1.29, 1.82) is 0 Å². The van der Waals surface area contributed by atoms with E-state index in [-0.39, 0.29) is 42.8 Å². The Morgan fingerprint density at radius 1 is 1.18 bits per heavy atom. The van der Waals surface area contributed by atoms with Gasteiger partial charge in [-0.15, -0.1) is 0 Å². The molecule has 2 unspecified atom stereocenters. The third kappa shape index (κ3) is 2.62. The lowest BCUT2D eigenvalue weighted by Gasteiger charge is -2.15. The van der Waals surface area contributed by atoms with Gasteiger partial charge >= 0.3 is 0 Å². The predicted molar refractivity (Wildman–Crippen MR) is 80.1 cm³/mol. The van der Waals surface area contributed by atoms with Crippen molar-refractivity contribution in [3.63, 3.8) is 0 Å². The first-order valence-corrected chi connectivity index (χ1v) is 7.56. The molecule has 6 nitrogen and oxygen atoms in total. The summed E-state index contributed by atoms with van der Waals surface area (Å²) in [6.07, 6.45) is 2.38. The third-order valence-corrected chi connectivity index (χ3v) is 4.36. The van der Waals surface area contributed by atoms with Crippen LogP contribution in [0.4, 0.5) is 0 Å². The van der Waals surface area contributed by atoms with E-state index in [0.717, 1.165) is 12.8 Å². The van der Waals surface area contributed by atoms with Crippen LogP contribution in [0.25, 0.3) is 0 Å². The number of nitrogens with two attached hydrogens (primary N) is 1. The fourth-order valence-corrected chi connectivity index (χ4v) is 3.13. The highest BCUT2D eigenvalue weighted by molar-refractivity contribution is 6.21. The van der Waals surface area contributed by atoms with Crippen molar-refractivity contribution >= 4 is 17.7 Å². The normalized spacial score (nSPS) is 23.8. The van der Waals surface area contributed by atoms with Crippen LogP contribution < -0.4 is 11.1 Å². The van der Waals surface area contributed by atoms with Gasteiger partial charge in [0.15, 0.2) is 0 Å². The van der Waals surface area contributed by atoms with Crippen LogP contribution in [0.5, 0.6) is 0 Å². The Balaban J connectivity index is 1.54. The van der Waals surface area contributed by atoms with Crippen LogP contribution >= 0.6 is 0 Å². The second kappa shape index (κ2) is 5.88. The molecular formula is C16H19N3O3. The van der Waals surface area contributed by atoms with Gasteiger partial charge in [-0.2, -0.15) is 0 Å². The quantitative estimate of drug-likeness (QED) is 0.793. The van der Waals surface area contributed by atoms with Gasteiger partial charge in [0.2, 0.25) is 5.91 Å². The Kier molecular flexibility index (Phi) is 3.94. The van der Waals surface area contributed by atoms with Gasteiger partial charge in [0, 0.05) is 25.0 Å². The molecule has 1 aromatic carbocycles. The summed E-state index contributed by atoms with van der Waals surface area (Å²) in [7, 11) is 0. The summed E-state index contributed by atoms with van der Waals surface area (Å²) >= 11 is 0. The summed E-state index contributed by atoms with van der Waals surface area (Å²) in [5, 5.41) is 2.80. The zero-order chi connectivity index (χ0) is 15.7. The van der Waals surface area contributed by atoms with Gasteiger partial charge in [-0.25, -0.2) is 0 Å². The summed E-state index contributed by atoms with van der Waals surface area (Å²) in [5.74, 6) is -0.669. The lowest BCUT2D eigenvalue weighted by Crippen LogP contribution is -2.39. The molecule has 1 aliphatic heterocycles. The number of nitrogens with one attached hydrogen (secondary N) is 1. The van der Waals surface area contributed by atoms with Crippen LogP contribution in [-0.4, -0.2) is 41.8 Å². The van der Waals surface area contributed by atoms with E-state index in [1.807, 2.05) is 0 Å². The Morgan fingerprint density at radius 3 is 2.36 bits per heavy atom. The van der Waals surface area contributed by atoms with E-state index < -0.39 is 0 Å². The summed E-state index contributed by atoms with van der Waals surface area (Å²) in [5.41, 5.74) is 6.66. The van der Waals surface area contributed by atoms with E-state index in [1.54, 1.807) is 24.3 Å². The monoisotopic (exact) mass is 301 g/mol. The number of benzene rings is 1. The average molecular weight is 301 g/mol. The number of nitrogens with zero attached hydrogens (tertiary/aromatic N) is 1. The summed E-state index contributed by atoms with van der Waals surface area (Å²) in [4.78, 5) is 37.5. The van der Waals surface area contributed by atoms with Gasteiger partial charge in [-0.3, -0.25) is 19.3 Å². The minimum Gasteiger partial charge on any atom is -0.354 e. The number of hydrogen-bond acceptors (Lipinski definition) is 4. The highest BCUT2D eigenvalue weighted by Crippen LogP contribution is 2.24. The molecule has 1 aromatic rings. The van der Waals surface area contributed by atoms with Gasteiger partial charge < -0.3 is 11.1 Å². The molecule has 3 rings (SSSR count). The average Bonchev–Trinajstić information content (AvgIpc) is 3.05. The lowest BCUT2D eigenvalue weighted by atomic mass is 10.1. The number of fused-ring (bicyclic) bond motifs is 1. The number of amides is 3. The molecule has 0 aromatic heterocycles. The summed E-state index contributed by atoms with van der Waals surface area (Å²) < 4.78 is 0. The smallest absolute Gasteiger partial charge is 0.261 e. The number of carbonyl (C=O) groups is 3. The first-order chi connectivity index (χ1) is 10.6. The Morgan fingerprint density at radius 2 is 1.82 bits per heavy atom. The first-order valence-electron chi connectivity index (χ1n) is 7.56. The van der Waals surface area contributed by atoms with Gasteiger partial charge in [-0.1, -0.05) is 12.1 Å². The topological polar surface area (TPSA) is 92.5 Å². The molecule has 2 atom stereocenters. The molecule has 1 fully saturated rings. The molecule has 0 bridgehead atoms. The molecule has 116 valence electrons. The molecule has 3 amide bonds. The molecule has 1 saturated carbocycles. The minimum absolute atomic E-state index is 0.0374. The van der Waals surface area contributed by atoms with E-state index in [2.05, 4.69) is 5.32 Å². The van der Waals surface area contributed by atoms with E-state index in [0.29, 0.717) is 17.5 Å². The van der Waals surface area contributed by atoms with E-state index in [9.17, 15) is 14.4 Å². The SMILES string of the molecule is NC1CCC(C(=O)NCCN2C(=O)c3ccccc3C2=O)C1. The highest BCUT2D eigenvalue weighted by atomic mass is 16.2. The number of carbonyl (C=O) groups excluding carboxylic acids is 3. The molecule has 0 radical (unpaired) electrons. The van der Waals surface area contributed by atoms with E-state index in [1.165, 1.54) is 4.90 Å². The van der Waals surface area contributed by atoms with Crippen molar-refractivity contribution in [1.82, 2.24) is 10.2 Å². The fourth-order valence-electron chi connectivity index (χ4n) is 3.13. The van der Waals surface area contributed by atoms with Crippen LogP contribution in [0.3, 0.4) is 0 Å². The molecule has 2 aliphatic rings. The third-order valence-electron chi connectivity index (χ3n) is 4.36. The predicted octanol–water partition coefficient (Wildman–Crippen LogP) is 0.526. The van der Waals surface area contributed by atoms with Crippen molar-refractivity contribution < 1.29 is 14.4 Å². The van der Waals surface area contributed by atoms with E-state index >= 15 is 0 Å². The molecule has 22 heavy (non-hydrogen) atoms. The van der Waals surface area contributed by atoms with Crippen LogP contribution in [0, 0.1) is 5.92 Å². The maximum atomic E-state index is 12.2. The lowest BCUT2D eigenvalue weighted by molar-refractivity contribution is -0.124. The van der Waals surface area contributed by atoms with Crippen LogP contribution in [0.15, 0.2) is 24.3 Å². The van der Waals surface area contributed by atoms with Crippen LogP contribution in [-0.2, 0) is 4.79 Å². The van der Waals surface area contributed by atoms with E-state index in [4.69, 9.17) is 5.73 Å². The summed E-state index contributed by atoms with van der Waals surface area (Å²) in [6.45, 7) is 0.465. The van der Waals surface area contributed by atoms with Gasteiger partial charge in [-0.05, 0) is 31.4 Å². The largest absolute Gasteiger partial charge is 0.354 e. The second-order valence-corrected chi connectivity index (χ2v) is 5.87. The maximum Gasteiger partial charge on any atom is 0.261 e. The number of imide groups is 1. The Hall–Kier alpha value is -2.21. The Labute approximate surface area is 128 Å². The van der Waals surface area contributed by atoms with Gasteiger partial charge in [0.1, 0.15) is 0 Å². The summed E-state index contributed by atoms with van der Waals surface area (Å²) in [6, 6.07) is 6.87.